The summed E-state index contributed by atoms with van der Waals surface area (Å²) in [5.74, 6) is -0.609. The van der Waals surface area contributed by atoms with E-state index in [0.717, 1.165) is 12.0 Å². The quantitative estimate of drug-likeness (QED) is 0.368. The van der Waals surface area contributed by atoms with Crippen LogP contribution >= 0.6 is 0 Å². The van der Waals surface area contributed by atoms with Gasteiger partial charge in [-0.3, -0.25) is 9.59 Å². The van der Waals surface area contributed by atoms with Crippen molar-refractivity contribution in [3.8, 4) is 0 Å². The molecule has 0 unspecified atom stereocenters. The first-order valence-corrected chi connectivity index (χ1v) is 11.7. The standard InChI is InChI=1S/C25H39N3O5/c1-6-10-20(15-29)26-23(30)21(13-17(2)3)27-24(31)22(14-18(4)5)28-25(32)33-16-19-11-8-7-9-12-19/h7-9,11-12,15,17-18,20-22H,6,10,13-14,16H2,1-5H3,(H,26,30)(H,27,31)(H,28,32)/t20-,21-,22-/m0/s1. The first kappa shape index (κ1) is 28.1. The van der Waals surface area contributed by atoms with E-state index in [1.807, 2.05) is 65.0 Å². The molecule has 3 N–H and O–H groups in total. The molecule has 0 aromatic heterocycles. The minimum Gasteiger partial charge on any atom is -0.445 e. The Morgan fingerprint density at radius 1 is 0.879 bits per heavy atom. The van der Waals surface area contributed by atoms with Crippen LogP contribution in [-0.2, 0) is 25.7 Å². The molecule has 0 bridgehead atoms. The van der Waals surface area contributed by atoms with Crippen molar-refractivity contribution in [2.75, 3.05) is 0 Å². The number of aldehydes is 1. The van der Waals surface area contributed by atoms with Gasteiger partial charge < -0.3 is 25.5 Å². The first-order valence-electron chi connectivity index (χ1n) is 11.7. The lowest BCUT2D eigenvalue weighted by Crippen LogP contribution is -2.55. The number of amides is 3. The lowest BCUT2D eigenvalue weighted by molar-refractivity contribution is -0.131. The third kappa shape index (κ3) is 11.5. The minimum atomic E-state index is -0.853. The molecule has 0 fully saturated rings. The molecular weight excluding hydrogens is 422 g/mol. The van der Waals surface area contributed by atoms with Crippen LogP contribution in [0.15, 0.2) is 30.3 Å². The molecule has 8 heteroatoms. The zero-order valence-electron chi connectivity index (χ0n) is 20.4. The van der Waals surface area contributed by atoms with Crippen molar-refractivity contribution in [1.82, 2.24) is 16.0 Å². The van der Waals surface area contributed by atoms with Gasteiger partial charge in [0.05, 0.1) is 6.04 Å². The van der Waals surface area contributed by atoms with Gasteiger partial charge in [0.25, 0.3) is 0 Å². The molecule has 1 aromatic carbocycles. The first-order chi connectivity index (χ1) is 15.7. The molecule has 0 spiro atoms. The molecule has 0 aliphatic rings. The Morgan fingerprint density at radius 2 is 1.42 bits per heavy atom. The molecule has 0 saturated heterocycles. The Morgan fingerprint density at radius 3 is 1.94 bits per heavy atom. The summed E-state index contributed by atoms with van der Waals surface area (Å²) in [6, 6.07) is 6.99. The van der Waals surface area contributed by atoms with Crippen LogP contribution in [0, 0.1) is 11.8 Å². The maximum Gasteiger partial charge on any atom is 0.408 e. The average Bonchev–Trinajstić information content (AvgIpc) is 2.76. The normalized spacial score (nSPS) is 13.7. The fourth-order valence-corrected chi connectivity index (χ4v) is 3.35. The number of carbonyl (C=O) groups excluding carboxylic acids is 4. The van der Waals surface area contributed by atoms with Crippen LogP contribution in [0.4, 0.5) is 4.79 Å². The number of alkyl carbamates (subject to hydrolysis) is 1. The molecule has 33 heavy (non-hydrogen) atoms. The largest absolute Gasteiger partial charge is 0.445 e. The SMILES string of the molecule is CCC[C@@H](C=O)NC(=O)[C@H](CC(C)C)NC(=O)[C@H](CC(C)C)NC(=O)OCc1ccccc1. The molecule has 3 atom stereocenters. The Bertz CT molecular complexity index is 752. The average molecular weight is 462 g/mol. The third-order valence-corrected chi connectivity index (χ3v) is 4.96. The minimum absolute atomic E-state index is 0.0889. The van der Waals surface area contributed by atoms with Gasteiger partial charge in [0, 0.05) is 0 Å². The van der Waals surface area contributed by atoms with Crippen molar-refractivity contribution in [3.63, 3.8) is 0 Å². The number of rotatable bonds is 14. The van der Waals surface area contributed by atoms with Crippen molar-refractivity contribution in [2.24, 2.45) is 11.8 Å². The highest BCUT2D eigenvalue weighted by molar-refractivity contribution is 5.92. The predicted octanol–water partition coefficient (Wildman–Crippen LogP) is 3.34. The summed E-state index contributed by atoms with van der Waals surface area (Å²) >= 11 is 0. The lowest BCUT2D eigenvalue weighted by Gasteiger charge is -2.25. The van der Waals surface area contributed by atoms with Crippen LogP contribution in [0.3, 0.4) is 0 Å². The molecule has 0 saturated carbocycles. The van der Waals surface area contributed by atoms with Gasteiger partial charge in [0.2, 0.25) is 11.8 Å². The molecule has 1 rings (SSSR count). The molecular formula is C25H39N3O5. The fourth-order valence-electron chi connectivity index (χ4n) is 3.35. The van der Waals surface area contributed by atoms with E-state index in [4.69, 9.17) is 4.74 Å². The number of hydrogen-bond acceptors (Lipinski definition) is 5. The Hall–Kier alpha value is -2.90. The van der Waals surface area contributed by atoms with Gasteiger partial charge in [-0.2, -0.15) is 0 Å². The summed E-state index contributed by atoms with van der Waals surface area (Å²) < 4.78 is 5.25. The van der Waals surface area contributed by atoms with Gasteiger partial charge in [0.15, 0.2) is 0 Å². The van der Waals surface area contributed by atoms with Crippen LogP contribution in [0.25, 0.3) is 0 Å². The number of hydrogen-bond donors (Lipinski definition) is 3. The molecule has 8 nitrogen and oxygen atoms in total. The lowest BCUT2D eigenvalue weighted by atomic mass is 10.00. The van der Waals surface area contributed by atoms with Crippen molar-refractivity contribution < 1.29 is 23.9 Å². The van der Waals surface area contributed by atoms with Crippen LogP contribution in [0.1, 0.15) is 65.9 Å². The number of benzene rings is 1. The number of nitrogens with one attached hydrogen (secondary N) is 3. The molecule has 184 valence electrons. The number of ether oxygens (including phenoxy) is 1. The van der Waals surface area contributed by atoms with Crippen molar-refractivity contribution >= 4 is 24.2 Å². The predicted molar refractivity (Wildman–Crippen MR) is 127 cm³/mol. The van der Waals surface area contributed by atoms with Crippen LogP contribution in [-0.4, -0.2) is 42.3 Å². The highest BCUT2D eigenvalue weighted by atomic mass is 16.5. The summed E-state index contributed by atoms with van der Waals surface area (Å²) in [5, 5.41) is 8.10. The Labute approximate surface area is 197 Å². The van der Waals surface area contributed by atoms with Crippen LogP contribution in [0.2, 0.25) is 0 Å². The molecule has 1 aromatic rings. The van der Waals surface area contributed by atoms with E-state index in [0.29, 0.717) is 25.5 Å². The van der Waals surface area contributed by atoms with Gasteiger partial charge in [0.1, 0.15) is 25.0 Å². The number of carbonyl (C=O) groups is 4. The van der Waals surface area contributed by atoms with E-state index in [1.54, 1.807) is 0 Å². The molecule has 0 heterocycles. The van der Waals surface area contributed by atoms with E-state index in [9.17, 15) is 19.2 Å². The molecule has 0 aliphatic heterocycles. The highest BCUT2D eigenvalue weighted by Crippen LogP contribution is 2.10. The molecule has 3 amide bonds. The summed E-state index contributed by atoms with van der Waals surface area (Å²) in [4.78, 5) is 49.4. The van der Waals surface area contributed by atoms with Gasteiger partial charge in [-0.25, -0.2) is 4.79 Å². The summed E-state index contributed by atoms with van der Waals surface area (Å²) in [5.41, 5.74) is 0.836. The zero-order valence-corrected chi connectivity index (χ0v) is 20.4. The Balaban J connectivity index is 2.82. The fraction of sp³-hybridized carbons (Fsp3) is 0.600. The summed E-state index contributed by atoms with van der Waals surface area (Å²) in [6.07, 6.45) is 2.07. The monoisotopic (exact) mass is 461 g/mol. The van der Waals surface area contributed by atoms with Crippen LogP contribution in [0.5, 0.6) is 0 Å². The zero-order chi connectivity index (χ0) is 24.8. The van der Waals surface area contributed by atoms with Gasteiger partial charge >= 0.3 is 6.09 Å². The van der Waals surface area contributed by atoms with E-state index < -0.39 is 36.0 Å². The van der Waals surface area contributed by atoms with Crippen molar-refractivity contribution in [2.45, 2.75) is 85.0 Å². The van der Waals surface area contributed by atoms with E-state index in [-0.39, 0.29) is 18.4 Å². The second-order valence-corrected chi connectivity index (χ2v) is 9.12. The maximum absolute atomic E-state index is 13.0. The molecule has 0 aliphatic carbocycles. The van der Waals surface area contributed by atoms with E-state index in [1.165, 1.54) is 0 Å². The maximum atomic E-state index is 13.0. The topological polar surface area (TPSA) is 114 Å². The summed E-state index contributed by atoms with van der Waals surface area (Å²) in [7, 11) is 0. The molecule has 0 radical (unpaired) electrons. The van der Waals surface area contributed by atoms with E-state index in [2.05, 4.69) is 16.0 Å². The highest BCUT2D eigenvalue weighted by Gasteiger charge is 2.29. The van der Waals surface area contributed by atoms with E-state index >= 15 is 0 Å². The van der Waals surface area contributed by atoms with Gasteiger partial charge in [-0.15, -0.1) is 0 Å². The smallest absolute Gasteiger partial charge is 0.408 e. The van der Waals surface area contributed by atoms with Crippen molar-refractivity contribution in [3.05, 3.63) is 35.9 Å². The van der Waals surface area contributed by atoms with Crippen molar-refractivity contribution in [1.29, 1.82) is 0 Å². The van der Waals surface area contributed by atoms with Crippen LogP contribution < -0.4 is 16.0 Å². The Kier molecular flexibility index (Phi) is 12.8. The van der Waals surface area contributed by atoms with Gasteiger partial charge in [-0.05, 0) is 36.7 Å². The summed E-state index contributed by atoms with van der Waals surface area (Å²) in [6.45, 7) is 9.78. The third-order valence-electron chi connectivity index (χ3n) is 4.96. The van der Waals surface area contributed by atoms with Gasteiger partial charge in [-0.1, -0.05) is 71.4 Å². The second-order valence-electron chi connectivity index (χ2n) is 9.12. The second kappa shape index (κ2) is 15.0.